The molecule has 0 aromatic heterocycles. The van der Waals surface area contributed by atoms with Crippen LogP contribution in [0.1, 0.15) is 102 Å². The van der Waals surface area contributed by atoms with E-state index in [1.54, 1.807) is 25.3 Å². The van der Waals surface area contributed by atoms with Gasteiger partial charge in [0.05, 0.1) is 149 Å². The third kappa shape index (κ3) is 19.9. The van der Waals surface area contributed by atoms with Crippen LogP contribution >= 0.6 is 11.6 Å². The van der Waals surface area contributed by atoms with Gasteiger partial charge < -0.3 is 67.4 Å². The molecule has 93 heavy (non-hydrogen) atoms. The Kier molecular flexibility index (Phi) is 27.5. The van der Waals surface area contributed by atoms with Crippen LogP contribution in [0.5, 0.6) is 11.5 Å². The summed E-state index contributed by atoms with van der Waals surface area (Å²) in [6, 6.07) is 24.1. The molecule has 4 aromatic rings. The number of amides is 6. The highest BCUT2D eigenvalue weighted by molar-refractivity contribution is 6.30. The molecule has 2 saturated heterocycles. The number of piperidine rings is 1. The molecule has 0 radical (unpaired) electrons. The molecule has 9 rings (SSSR count). The fraction of sp³-hybridized carbons (Fsp3) is 0.565. The normalized spacial score (nSPS) is 19.3. The summed E-state index contributed by atoms with van der Waals surface area (Å²) in [5.41, 5.74) is 5.70. The molecule has 4 heterocycles. The van der Waals surface area contributed by atoms with E-state index in [1.165, 1.54) is 0 Å². The van der Waals surface area contributed by atoms with Crippen molar-refractivity contribution in [3.63, 3.8) is 0 Å². The molecule has 4 aromatic carbocycles. The van der Waals surface area contributed by atoms with Crippen molar-refractivity contribution in [1.29, 1.82) is 0 Å². The zero-order chi connectivity index (χ0) is 65.5. The second-order valence-corrected chi connectivity index (χ2v) is 24.4. The molecule has 506 valence electrons. The molecule has 6 amide bonds. The number of rotatable bonds is 38. The first kappa shape index (κ1) is 70.5. The zero-order valence-corrected chi connectivity index (χ0v) is 55.0. The smallest absolute Gasteiger partial charge is 0.264 e. The molecular weight excluding hydrogens is 1220 g/mol. The van der Waals surface area contributed by atoms with E-state index in [0.717, 1.165) is 91.4 Å². The number of nitrogens with one attached hydrogen (secondary N) is 2. The maximum absolute atomic E-state index is 14.1. The number of benzene rings is 4. The zero-order valence-electron chi connectivity index (χ0n) is 54.3. The minimum absolute atomic E-state index is 0.00706. The molecule has 4 aliphatic heterocycles. The predicted molar refractivity (Wildman–Crippen MR) is 350 cm³/mol. The van der Waals surface area contributed by atoms with Gasteiger partial charge in [0.1, 0.15) is 6.04 Å². The number of nitrogens with zero attached hydrogens (tertiary/aromatic N) is 5. The number of methoxy groups -OCH3 is 1. The van der Waals surface area contributed by atoms with Crippen LogP contribution in [0.4, 0.5) is 17.1 Å². The van der Waals surface area contributed by atoms with E-state index in [-0.39, 0.29) is 54.3 Å². The van der Waals surface area contributed by atoms with Gasteiger partial charge in [-0.2, -0.15) is 0 Å². The Bertz CT molecular complexity index is 3090. The number of carbonyl (C=O) groups is 6. The quantitative estimate of drug-likeness (QED) is 0.0340. The molecule has 2 atom stereocenters. The number of hydrogen-bond donors (Lipinski definition) is 2. The van der Waals surface area contributed by atoms with Gasteiger partial charge in [0.25, 0.3) is 11.8 Å². The van der Waals surface area contributed by atoms with E-state index in [4.69, 9.17) is 59.0 Å². The van der Waals surface area contributed by atoms with Crippen molar-refractivity contribution in [1.82, 2.24) is 20.0 Å². The summed E-state index contributed by atoms with van der Waals surface area (Å²) in [6.07, 6.45) is 5.33. The molecule has 1 aliphatic carbocycles. The van der Waals surface area contributed by atoms with Crippen LogP contribution in [-0.4, -0.2) is 227 Å². The van der Waals surface area contributed by atoms with Gasteiger partial charge in [-0.15, -0.1) is 0 Å². The van der Waals surface area contributed by atoms with Crippen molar-refractivity contribution in [2.75, 3.05) is 174 Å². The molecule has 0 spiro atoms. The fourth-order valence-corrected chi connectivity index (χ4v) is 12.7. The number of ether oxygens (including phenoxy) is 10. The van der Waals surface area contributed by atoms with E-state index >= 15 is 0 Å². The second kappa shape index (κ2) is 36.2. The van der Waals surface area contributed by atoms with Gasteiger partial charge in [0.2, 0.25) is 23.6 Å². The van der Waals surface area contributed by atoms with Crippen molar-refractivity contribution in [3.8, 4) is 11.5 Å². The van der Waals surface area contributed by atoms with Gasteiger partial charge in [-0.1, -0.05) is 29.8 Å². The lowest BCUT2D eigenvalue weighted by Gasteiger charge is -2.42. The van der Waals surface area contributed by atoms with E-state index in [2.05, 4.69) is 51.7 Å². The largest absolute Gasteiger partial charge is 0.493 e. The van der Waals surface area contributed by atoms with Crippen LogP contribution < -0.4 is 29.9 Å². The number of carbonyl (C=O) groups excluding carboxylic acids is 6. The SMILES string of the molecule is COc1cc2c(cc1OC(C)C)[C@H](c1ccc(Cl)cc1)N(c1ccc(N(C)C[C@H]3CC[C@H](N4CCN(C(=O)CCOCCOCCOCCOCCOCCOCCOCCOCCNc5cccc6c5C(=O)N(C5CCC(=O)NC5=O)C6=O)CC4)CC3)cc1)C(=O)C2. The second-order valence-electron chi connectivity index (χ2n) is 24.0. The maximum atomic E-state index is 14.1. The number of piperazine rings is 1. The molecule has 23 nitrogen and oxygen atoms in total. The van der Waals surface area contributed by atoms with Gasteiger partial charge in [0, 0.05) is 80.9 Å². The number of halogens is 1. The number of hydrogen-bond acceptors (Lipinski definition) is 19. The first-order valence-electron chi connectivity index (χ1n) is 32.8. The summed E-state index contributed by atoms with van der Waals surface area (Å²) in [4.78, 5) is 87.2. The molecular formula is C69H92ClN7O16. The van der Waals surface area contributed by atoms with Crippen molar-refractivity contribution < 1.29 is 76.1 Å². The van der Waals surface area contributed by atoms with Crippen molar-refractivity contribution in [2.45, 2.75) is 89.4 Å². The molecule has 3 fully saturated rings. The van der Waals surface area contributed by atoms with E-state index in [0.29, 0.717) is 153 Å². The Morgan fingerprint density at radius 3 is 1.81 bits per heavy atom. The minimum atomic E-state index is -1.02. The third-order valence-corrected chi connectivity index (χ3v) is 17.6. The summed E-state index contributed by atoms with van der Waals surface area (Å²) in [5.74, 6) is -0.204. The predicted octanol–water partition coefficient (Wildman–Crippen LogP) is 6.99. The summed E-state index contributed by atoms with van der Waals surface area (Å²) in [6.45, 7) is 15.2. The van der Waals surface area contributed by atoms with Crippen molar-refractivity contribution in [3.05, 3.63) is 112 Å². The third-order valence-electron chi connectivity index (χ3n) is 17.3. The van der Waals surface area contributed by atoms with Crippen LogP contribution in [-0.2, 0) is 63.5 Å². The number of imide groups is 2. The van der Waals surface area contributed by atoms with Crippen LogP contribution in [0.2, 0.25) is 5.02 Å². The lowest BCUT2D eigenvalue weighted by atomic mass is 9.84. The Balaban J connectivity index is 0.528. The average Bonchev–Trinajstić information content (AvgIpc) is 1.75. The van der Waals surface area contributed by atoms with Gasteiger partial charge in [-0.05, 0) is 129 Å². The van der Waals surface area contributed by atoms with Crippen LogP contribution in [0.25, 0.3) is 0 Å². The van der Waals surface area contributed by atoms with Gasteiger partial charge in [0.15, 0.2) is 11.5 Å². The molecule has 1 saturated carbocycles. The summed E-state index contributed by atoms with van der Waals surface area (Å²) in [7, 11) is 3.78. The highest BCUT2D eigenvalue weighted by atomic mass is 35.5. The van der Waals surface area contributed by atoms with Gasteiger partial charge >= 0.3 is 0 Å². The van der Waals surface area contributed by atoms with Gasteiger partial charge in [-0.3, -0.25) is 43.9 Å². The average molecular weight is 1310 g/mol. The topological polar surface area (TPSA) is 235 Å². The summed E-state index contributed by atoms with van der Waals surface area (Å²) < 4.78 is 56.7. The maximum Gasteiger partial charge on any atom is 0.264 e. The first-order valence-corrected chi connectivity index (χ1v) is 33.1. The van der Waals surface area contributed by atoms with Crippen molar-refractivity contribution >= 4 is 64.1 Å². The highest BCUT2D eigenvalue weighted by Gasteiger charge is 2.46. The summed E-state index contributed by atoms with van der Waals surface area (Å²) >= 11 is 6.35. The molecule has 1 unspecified atom stereocenters. The minimum Gasteiger partial charge on any atom is -0.493 e. The van der Waals surface area contributed by atoms with E-state index in [9.17, 15) is 28.8 Å². The van der Waals surface area contributed by atoms with Crippen molar-refractivity contribution in [2.24, 2.45) is 5.92 Å². The Hall–Kier alpha value is -6.77. The van der Waals surface area contributed by atoms with Crippen LogP contribution in [0.3, 0.4) is 0 Å². The van der Waals surface area contributed by atoms with E-state index in [1.807, 2.05) is 60.0 Å². The van der Waals surface area contributed by atoms with Gasteiger partial charge in [-0.25, -0.2) is 0 Å². The highest BCUT2D eigenvalue weighted by Crippen LogP contribution is 2.44. The lowest BCUT2D eigenvalue weighted by Crippen LogP contribution is -2.54. The molecule has 5 aliphatic rings. The molecule has 2 N–H and O–H groups in total. The van der Waals surface area contributed by atoms with Crippen LogP contribution in [0.15, 0.2) is 78.9 Å². The monoisotopic (exact) mass is 1310 g/mol. The van der Waals surface area contributed by atoms with E-state index < -0.39 is 29.7 Å². The summed E-state index contributed by atoms with van der Waals surface area (Å²) in [5, 5.41) is 5.98. The number of anilines is 3. The molecule has 0 bridgehead atoms. The first-order chi connectivity index (χ1) is 45.3. The Morgan fingerprint density at radius 2 is 1.24 bits per heavy atom. The number of fused-ring (bicyclic) bond motifs is 2. The Morgan fingerprint density at radius 1 is 0.656 bits per heavy atom. The standard InChI is InChI=1S/C69H92ClN7O16/c1-48(2)93-61-46-57-51(44-60(61)84-4)45-64(80)76(66(57)50-10-12-52(70)13-11-50)55-18-16-53(17-19-55)73(3)47-49-8-14-54(15-9-49)74-24-26-75(27-25-74)63(79)22-28-85-30-32-87-34-36-89-38-40-91-42-43-92-41-39-90-37-35-88-33-31-86-29-23-71-58-7-5-6-56-65(58)69(83)77(68(56)82)59-20-21-62(78)72-67(59)81/h5-7,10-13,16-19,44,46,48-49,54,59,66,71H,8-9,14-15,20-43,45,47H2,1-4H3,(H,72,78,81)/t49-,54-,59?,66-/m0/s1. The lowest BCUT2D eigenvalue weighted by molar-refractivity contribution is -0.136. The fourth-order valence-electron chi connectivity index (χ4n) is 12.6. The molecule has 24 heteroatoms. The Labute approximate surface area is 550 Å². The van der Waals surface area contributed by atoms with Crippen LogP contribution in [0, 0.1) is 5.92 Å².